The second-order valence-corrected chi connectivity index (χ2v) is 4.59. The quantitative estimate of drug-likeness (QED) is 0.757. The first-order valence-corrected chi connectivity index (χ1v) is 7.24. The highest BCUT2D eigenvalue weighted by atomic mass is 16.6. The molecule has 5 nitrogen and oxygen atoms in total. The van der Waals surface area contributed by atoms with Crippen LogP contribution in [-0.2, 0) is 16.0 Å². The van der Waals surface area contributed by atoms with E-state index in [1.165, 1.54) is 0 Å². The van der Waals surface area contributed by atoms with E-state index in [-0.39, 0.29) is 12.4 Å². The first kappa shape index (κ1) is 17.0. The third-order valence-corrected chi connectivity index (χ3v) is 3.14. The summed E-state index contributed by atoms with van der Waals surface area (Å²) >= 11 is 0. The topological polar surface area (TPSA) is 55.8 Å². The number of hydrogen-bond acceptors (Lipinski definition) is 4. The maximum atomic E-state index is 12.1. The van der Waals surface area contributed by atoms with Gasteiger partial charge in [-0.2, -0.15) is 0 Å². The van der Waals surface area contributed by atoms with Crippen LogP contribution in [0.3, 0.4) is 0 Å². The minimum absolute atomic E-state index is 0.0936. The highest BCUT2D eigenvalue weighted by Gasteiger charge is 2.18. The Hall–Kier alpha value is -2.04. The van der Waals surface area contributed by atoms with Crippen LogP contribution in [0.5, 0.6) is 5.75 Å². The van der Waals surface area contributed by atoms with E-state index in [0.29, 0.717) is 31.0 Å². The Labute approximate surface area is 125 Å². The van der Waals surface area contributed by atoms with Crippen LogP contribution in [0, 0.1) is 6.92 Å². The molecular formula is C16H23NO4. The molecule has 116 valence electrons. The summed E-state index contributed by atoms with van der Waals surface area (Å²) in [4.78, 5) is 25.3. The molecule has 0 bridgehead atoms. The summed E-state index contributed by atoms with van der Waals surface area (Å²) in [5, 5.41) is 0. The lowest BCUT2D eigenvalue weighted by atomic mass is 10.1. The van der Waals surface area contributed by atoms with Crippen LogP contribution in [0.4, 0.5) is 4.79 Å². The van der Waals surface area contributed by atoms with Crippen molar-refractivity contribution in [3.05, 3.63) is 29.3 Å². The standard InChI is InChI=1S/C16H23NO4/c1-5-17(6-2)16(19)21-15-12(4)9-8-10-13(15)11-14(18)20-7-3/h8-10H,5-7,11H2,1-4H3. The molecule has 21 heavy (non-hydrogen) atoms. The largest absolute Gasteiger partial charge is 0.466 e. The monoisotopic (exact) mass is 293 g/mol. The van der Waals surface area contributed by atoms with Crippen molar-refractivity contribution >= 4 is 12.1 Å². The van der Waals surface area contributed by atoms with E-state index < -0.39 is 6.09 Å². The summed E-state index contributed by atoms with van der Waals surface area (Å²) in [6.07, 6.45) is -0.310. The molecule has 1 amide bonds. The van der Waals surface area contributed by atoms with Gasteiger partial charge in [0.15, 0.2) is 0 Å². The fourth-order valence-electron chi connectivity index (χ4n) is 2.00. The Morgan fingerprint density at radius 1 is 1.14 bits per heavy atom. The van der Waals surface area contributed by atoms with Gasteiger partial charge in [-0.05, 0) is 33.3 Å². The smallest absolute Gasteiger partial charge is 0.415 e. The average molecular weight is 293 g/mol. The molecule has 0 heterocycles. The summed E-state index contributed by atoms with van der Waals surface area (Å²) in [6.45, 7) is 8.88. The fraction of sp³-hybridized carbons (Fsp3) is 0.500. The average Bonchev–Trinajstić information content (AvgIpc) is 2.44. The Kier molecular flexibility index (Phi) is 6.72. The van der Waals surface area contributed by atoms with Gasteiger partial charge in [0.25, 0.3) is 0 Å². The molecule has 5 heteroatoms. The summed E-state index contributed by atoms with van der Waals surface area (Å²) in [5.41, 5.74) is 1.48. The molecular weight excluding hydrogens is 270 g/mol. The third-order valence-electron chi connectivity index (χ3n) is 3.14. The van der Waals surface area contributed by atoms with Crippen molar-refractivity contribution in [3.63, 3.8) is 0 Å². The maximum absolute atomic E-state index is 12.1. The number of hydrogen-bond donors (Lipinski definition) is 0. The lowest BCUT2D eigenvalue weighted by Crippen LogP contribution is -2.33. The van der Waals surface area contributed by atoms with E-state index in [1.807, 2.05) is 32.9 Å². The zero-order valence-corrected chi connectivity index (χ0v) is 13.1. The number of carbonyl (C=O) groups excluding carboxylic acids is 2. The number of esters is 1. The Balaban J connectivity index is 2.95. The lowest BCUT2D eigenvalue weighted by molar-refractivity contribution is -0.142. The minimum Gasteiger partial charge on any atom is -0.466 e. The SMILES string of the molecule is CCOC(=O)Cc1cccc(C)c1OC(=O)N(CC)CC. The maximum Gasteiger partial charge on any atom is 0.415 e. The zero-order valence-electron chi connectivity index (χ0n) is 13.1. The normalized spacial score (nSPS) is 10.1. The molecule has 0 aliphatic carbocycles. The van der Waals surface area contributed by atoms with Crippen molar-refractivity contribution in [2.75, 3.05) is 19.7 Å². The molecule has 0 aromatic heterocycles. The van der Waals surface area contributed by atoms with Crippen molar-refractivity contribution in [3.8, 4) is 5.75 Å². The Morgan fingerprint density at radius 3 is 2.38 bits per heavy atom. The van der Waals surface area contributed by atoms with Crippen LogP contribution >= 0.6 is 0 Å². The second-order valence-electron chi connectivity index (χ2n) is 4.59. The van der Waals surface area contributed by atoms with Gasteiger partial charge >= 0.3 is 12.1 Å². The highest BCUT2D eigenvalue weighted by molar-refractivity contribution is 5.76. The summed E-state index contributed by atoms with van der Waals surface area (Å²) < 4.78 is 10.4. The van der Waals surface area contributed by atoms with E-state index in [4.69, 9.17) is 9.47 Å². The van der Waals surface area contributed by atoms with Gasteiger partial charge in [0, 0.05) is 18.7 Å². The Morgan fingerprint density at radius 2 is 1.81 bits per heavy atom. The Bertz CT molecular complexity index is 495. The highest BCUT2D eigenvalue weighted by Crippen LogP contribution is 2.25. The first-order valence-electron chi connectivity index (χ1n) is 7.24. The molecule has 1 aromatic carbocycles. The molecule has 0 fully saturated rings. The van der Waals surface area contributed by atoms with Crippen molar-refractivity contribution in [1.29, 1.82) is 0 Å². The van der Waals surface area contributed by atoms with Gasteiger partial charge in [0.2, 0.25) is 0 Å². The first-order chi connectivity index (χ1) is 10.0. The minimum atomic E-state index is -0.403. The number of nitrogens with zero attached hydrogens (tertiary/aromatic N) is 1. The van der Waals surface area contributed by atoms with Crippen LogP contribution in [0.2, 0.25) is 0 Å². The van der Waals surface area contributed by atoms with Gasteiger partial charge < -0.3 is 14.4 Å². The van der Waals surface area contributed by atoms with Gasteiger partial charge in [-0.3, -0.25) is 4.79 Å². The molecule has 1 aromatic rings. The van der Waals surface area contributed by atoms with Gasteiger partial charge in [-0.1, -0.05) is 18.2 Å². The number of aryl methyl sites for hydroxylation is 1. The summed E-state index contributed by atoms with van der Waals surface area (Å²) in [6, 6.07) is 5.45. The molecule has 0 N–H and O–H groups in total. The number of rotatable bonds is 6. The predicted octanol–water partition coefficient (Wildman–Crippen LogP) is 2.94. The number of ether oxygens (including phenoxy) is 2. The number of carbonyl (C=O) groups is 2. The molecule has 0 aliphatic rings. The van der Waals surface area contributed by atoms with Crippen LogP contribution in [-0.4, -0.2) is 36.7 Å². The number of para-hydroxylation sites is 1. The van der Waals surface area contributed by atoms with Crippen LogP contribution in [0.1, 0.15) is 31.9 Å². The van der Waals surface area contributed by atoms with Crippen LogP contribution in [0.15, 0.2) is 18.2 Å². The second kappa shape index (κ2) is 8.29. The van der Waals surface area contributed by atoms with Crippen LogP contribution < -0.4 is 4.74 Å². The summed E-state index contributed by atoms with van der Waals surface area (Å²) in [7, 11) is 0. The molecule has 1 rings (SSSR count). The molecule has 0 radical (unpaired) electrons. The van der Waals surface area contributed by atoms with E-state index in [0.717, 1.165) is 5.56 Å². The van der Waals surface area contributed by atoms with Crippen molar-refractivity contribution < 1.29 is 19.1 Å². The van der Waals surface area contributed by atoms with E-state index in [2.05, 4.69) is 0 Å². The number of amides is 1. The molecule has 0 atom stereocenters. The predicted molar refractivity (Wildman–Crippen MR) is 80.5 cm³/mol. The zero-order chi connectivity index (χ0) is 15.8. The van der Waals surface area contributed by atoms with E-state index >= 15 is 0 Å². The van der Waals surface area contributed by atoms with Crippen molar-refractivity contribution in [2.24, 2.45) is 0 Å². The van der Waals surface area contributed by atoms with Crippen LogP contribution in [0.25, 0.3) is 0 Å². The lowest BCUT2D eigenvalue weighted by Gasteiger charge is -2.20. The number of benzene rings is 1. The fourth-order valence-corrected chi connectivity index (χ4v) is 2.00. The van der Waals surface area contributed by atoms with Crippen molar-refractivity contribution in [1.82, 2.24) is 4.90 Å². The van der Waals surface area contributed by atoms with Gasteiger partial charge in [0.05, 0.1) is 13.0 Å². The molecule has 0 aliphatic heterocycles. The summed E-state index contributed by atoms with van der Waals surface area (Å²) in [5.74, 6) is 0.116. The molecule has 0 saturated heterocycles. The third kappa shape index (κ3) is 4.77. The molecule has 0 unspecified atom stereocenters. The van der Waals surface area contributed by atoms with Gasteiger partial charge in [-0.15, -0.1) is 0 Å². The van der Waals surface area contributed by atoms with Crippen molar-refractivity contribution in [2.45, 2.75) is 34.1 Å². The van der Waals surface area contributed by atoms with Gasteiger partial charge in [-0.25, -0.2) is 4.79 Å². The molecule has 0 saturated carbocycles. The van der Waals surface area contributed by atoms with Gasteiger partial charge in [0.1, 0.15) is 5.75 Å². The molecule has 0 spiro atoms. The van der Waals surface area contributed by atoms with E-state index in [9.17, 15) is 9.59 Å². The van der Waals surface area contributed by atoms with E-state index in [1.54, 1.807) is 17.9 Å².